The van der Waals surface area contributed by atoms with Crippen molar-refractivity contribution < 1.29 is 4.74 Å². The molecule has 0 aliphatic heterocycles. The number of ether oxygens (including phenoxy) is 1. The van der Waals surface area contributed by atoms with Crippen molar-refractivity contribution >= 4 is 34.2 Å². The van der Waals surface area contributed by atoms with Gasteiger partial charge in [0.05, 0.1) is 17.7 Å². The maximum atomic E-state index is 9.64. The highest BCUT2D eigenvalue weighted by Gasteiger charge is 2.32. The Balaban J connectivity index is 1.89. The van der Waals surface area contributed by atoms with Crippen LogP contribution in [0, 0.1) is 22.7 Å². The normalized spacial score (nSPS) is 17.2. The summed E-state index contributed by atoms with van der Waals surface area (Å²) < 4.78 is 5.17. The fourth-order valence-electron chi connectivity index (χ4n) is 3.41. The average molecular weight is 387 g/mol. The number of halogens is 1. The molecule has 1 aromatic heterocycles. The zero-order chi connectivity index (χ0) is 18.9. The molecule has 0 radical (unpaired) electrons. The molecular weight excluding hydrogens is 364 g/mol. The summed E-state index contributed by atoms with van der Waals surface area (Å²) in [4.78, 5) is 5.93. The lowest BCUT2D eigenvalue weighted by Crippen LogP contribution is -2.26. The predicted molar refractivity (Wildman–Crippen MR) is 109 cm³/mol. The number of benzene rings is 1. The highest BCUT2D eigenvalue weighted by molar-refractivity contribution is 7.16. The van der Waals surface area contributed by atoms with E-state index in [1.807, 2.05) is 18.2 Å². The molecule has 0 unspecified atom stereocenters. The van der Waals surface area contributed by atoms with Crippen molar-refractivity contribution in [3.05, 3.63) is 44.8 Å². The summed E-state index contributed by atoms with van der Waals surface area (Å²) in [6.45, 7) is 6.90. The van der Waals surface area contributed by atoms with E-state index >= 15 is 0 Å². The van der Waals surface area contributed by atoms with Gasteiger partial charge in [0, 0.05) is 11.1 Å². The van der Waals surface area contributed by atoms with E-state index in [0.717, 1.165) is 35.4 Å². The van der Waals surface area contributed by atoms with Crippen molar-refractivity contribution in [1.82, 2.24) is 0 Å². The number of thiophene rings is 1. The van der Waals surface area contributed by atoms with Crippen molar-refractivity contribution in [3.8, 4) is 11.8 Å². The third kappa shape index (κ3) is 3.79. The number of methoxy groups -OCH3 is 1. The molecule has 0 amide bonds. The van der Waals surface area contributed by atoms with Crippen LogP contribution in [0.1, 0.15) is 48.8 Å². The van der Waals surface area contributed by atoms with Gasteiger partial charge in [-0.05, 0) is 59.9 Å². The first-order valence-corrected chi connectivity index (χ1v) is 9.95. The summed E-state index contributed by atoms with van der Waals surface area (Å²) in [5, 5.41) is 11.0. The average Bonchev–Trinajstić information content (AvgIpc) is 2.96. The van der Waals surface area contributed by atoms with Gasteiger partial charge in [-0.25, -0.2) is 4.99 Å². The first-order valence-electron chi connectivity index (χ1n) is 8.75. The number of hydrogen-bond acceptors (Lipinski definition) is 4. The highest BCUT2D eigenvalue weighted by Crippen LogP contribution is 2.44. The van der Waals surface area contributed by atoms with E-state index in [1.165, 1.54) is 10.4 Å². The molecule has 0 saturated heterocycles. The third-order valence-corrected chi connectivity index (χ3v) is 6.55. The van der Waals surface area contributed by atoms with E-state index in [1.54, 1.807) is 24.7 Å². The molecule has 1 aliphatic rings. The zero-order valence-corrected chi connectivity index (χ0v) is 17.2. The van der Waals surface area contributed by atoms with Crippen molar-refractivity contribution in [2.45, 2.75) is 40.0 Å². The Kier molecular flexibility index (Phi) is 5.41. The lowest BCUT2D eigenvalue weighted by Gasteiger charge is -2.33. The van der Waals surface area contributed by atoms with E-state index in [2.05, 4.69) is 31.8 Å². The van der Waals surface area contributed by atoms with Crippen LogP contribution in [0.25, 0.3) is 0 Å². The Hall–Kier alpha value is -1.83. The van der Waals surface area contributed by atoms with Crippen molar-refractivity contribution in [2.24, 2.45) is 16.3 Å². The highest BCUT2D eigenvalue weighted by atomic mass is 35.5. The topological polar surface area (TPSA) is 45.4 Å². The molecule has 1 aliphatic carbocycles. The molecule has 1 atom stereocenters. The molecule has 0 N–H and O–H groups in total. The van der Waals surface area contributed by atoms with E-state index in [9.17, 15) is 5.26 Å². The van der Waals surface area contributed by atoms with Crippen molar-refractivity contribution in [2.75, 3.05) is 7.11 Å². The lowest BCUT2D eigenvalue weighted by atomic mass is 9.72. The molecule has 2 aromatic rings. The van der Waals surface area contributed by atoms with E-state index in [0.29, 0.717) is 16.7 Å². The molecule has 136 valence electrons. The van der Waals surface area contributed by atoms with E-state index < -0.39 is 0 Å². The van der Waals surface area contributed by atoms with E-state index in [4.69, 9.17) is 16.3 Å². The summed E-state index contributed by atoms with van der Waals surface area (Å²) in [7, 11) is 1.59. The number of fused-ring (bicyclic) bond motifs is 1. The van der Waals surface area contributed by atoms with Crippen LogP contribution in [0.4, 0.5) is 5.00 Å². The third-order valence-electron chi connectivity index (χ3n) is 5.09. The van der Waals surface area contributed by atoms with Gasteiger partial charge in [-0.2, -0.15) is 5.26 Å². The summed E-state index contributed by atoms with van der Waals surface area (Å²) >= 11 is 7.83. The molecule has 0 spiro atoms. The second-order valence-electron chi connectivity index (χ2n) is 7.75. The van der Waals surface area contributed by atoms with Gasteiger partial charge in [0.1, 0.15) is 16.8 Å². The molecule has 26 heavy (non-hydrogen) atoms. The number of nitrogens with zero attached hydrogens (tertiary/aromatic N) is 2. The zero-order valence-electron chi connectivity index (χ0n) is 15.6. The summed E-state index contributed by atoms with van der Waals surface area (Å²) in [6.07, 6.45) is 4.92. The van der Waals surface area contributed by atoms with Crippen molar-refractivity contribution in [1.29, 1.82) is 5.26 Å². The van der Waals surface area contributed by atoms with Crippen LogP contribution in [0.3, 0.4) is 0 Å². The van der Waals surface area contributed by atoms with Crippen LogP contribution in [-0.2, 0) is 12.8 Å². The Morgan fingerprint density at radius 2 is 2.15 bits per heavy atom. The molecule has 0 fully saturated rings. The summed E-state index contributed by atoms with van der Waals surface area (Å²) in [6, 6.07) is 7.92. The van der Waals surface area contributed by atoms with Gasteiger partial charge in [0.15, 0.2) is 0 Å². The Bertz CT molecular complexity index is 887. The van der Waals surface area contributed by atoms with E-state index in [-0.39, 0.29) is 5.41 Å². The van der Waals surface area contributed by atoms with Crippen LogP contribution >= 0.6 is 22.9 Å². The fourth-order valence-corrected chi connectivity index (χ4v) is 4.90. The second kappa shape index (κ2) is 7.42. The van der Waals surface area contributed by atoms with Gasteiger partial charge >= 0.3 is 0 Å². The first-order chi connectivity index (χ1) is 12.3. The molecule has 5 heteroatoms. The monoisotopic (exact) mass is 386 g/mol. The van der Waals surface area contributed by atoms with Gasteiger partial charge in [0.25, 0.3) is 0 Å². The van der Waals surface area contributed by atoms with Crippen molar-refractivity contribution in [3.63, 3.8) is 0 Å². The molecule has 0 saturated carbocycles. The maximum absolute atomic E-state index is 9.64. The Morgan fingerprint density at radius 1 is 1.38 bits per heavy atom. The molecule has 3 nitrogen and oxygen atoms in total. The van der Waals surface area contributed by atoms with Crippen LogP contribution < -0.4 is 4.74 Å². The molecule has 3 rings (SSSR count). The largest absolute Gasteiger partial charge is 0.495 e. The van der Waals surface area contributed by atoms with Gasteiger partial charge in [-0.3, -0.25) is 0 Å². The fraction of sp³-hybridized carbons (Fsp3) is 0.429. The van der Waals surface area contributed by atoms with Crippen LogP contribution in [0.5, 0.6) is 5.75 Å². The van der Waals surface area contributed by atoms with Gasteiger partial charge in [-0.15, -0.1) is 11.3 Å². The summed E-state index contributed by atoms with van der Waals surface area (Å²) in [5.74, 6) is 1.29. The molecule has 0 bridgehead atoms. The van der Waals surface area contributed by atoms with Crippen LogP contribution in [-0.4, -0.2) is 13.3 Å². The quantitative estimate of drug-likeness (QED) is 0.591. The molecule has 1 aromatic carbocycles. The number of rotatable bonds is 3. The molecule has 1 heterocycles. The van der Waals surface area contributed by atoms with Gasteiger partial charge < -0.3 is 4.74 Å². The number of aliphatic imine (C=N–C) groups is 1. The minimum absolute atomic E-state index is 0.289. The molecular formula is C21H23ClN2OS. The van der Waals surface area contributed by atoms with Crippen LogP contribution in [0.2, 0.25) is 5.02 Å². The predicted octanol–water partition coefficient (Wildman–Crippen LogP) is 6.18. The maximum Gasteiger partial charge on any atom is 0.137 e. The van der Waals surface area contributed by atoms with Crippen LogP contribution in [0.15, 0.2) is 23.2 Å². The van der Waals surface area contributed by atoms with Gasteiger partial charge in [-0.1, -0.05) is 32.4 Å². The Labute approximate surface area is 164 Å². The first kappa shape index (κ1) is 18.9. The summed E-state index contributed by atoms with van der Waals surface area (Å²) in [5.41, 5.74) is 3.13. The number of hydrogen-bond donors (Lipinski definition) is 0. The lowest BCUT2D eigenvalue weighted by molar-refractivity contribution is 0.218. The number of nitriles is 1. The minimum atomic E-state index is 0.289. The SMILES string of the molecule is COc1ccc(C=Nc2sc3c(c2C#N)CC[C@@H](C(C)(C)C)C3)cc1Cl. The Morgan fingerprint density at radius 3 is 2.77 bits per heavy atom. The van der Waals surface area contributed by atoms with Gasteiger partial charge in [0.2, 0.25) is 0 Å². The minimum Gasteiger partial charge on any atom is -0.495 e. The second-order valence-corrected chi connectivity index (χ2v) is 9.24. The smallest absolute Gasteiger partial charge is 0.137 e. The standard InChI is InChI=1S/C21H23ClN2OS/c1-21(2,3)14-6-7-15-16(11-23)20(26-19(15)10-14)24-12-13-5-8-18(25-4)17(22)9-13/h5,8-9,12,14H,6-7,10H2,1-4H3/t14-/m1/s1.